The predicted octanol–water partition coefficient (Wildman–Crippen LogP) is 4.27. The summed E-state index contributed by atoms with van der Waals surface area (Å²) in [6, 6.07) is 5.32. The molecule has 1 unspecified atom stereocenters. The van der Waals surface area contributed by atoms with Gasteiger partial charge in [0.1, 0.15) is 0 Å². The molecular weight excluding hydrogens is 439 g/mol. The van der Waals surface area contributed by atoms with E-state index in [9.17, 15) is 30.1 Å². The summed E-state index contributed by atoms with van der Waals surface area (Å²) in [5.74, 6) is 0. The van der Waals surface area contributed by atoms with E-state index in [-0.39, 0.29) is 6.29 Å². The molecule has 7 nitrogen and oxygen atoms in total. The van der Waals surface area contributed by atoms with Crippen LogP contribution in [0, 0.1) is 4.91 Å². The Bertz CT molecular complexity index is 883. The number of aromatic amines is 1. The van der Waals surface area contributed by atoms with Crippen molar-refractivity contribution in [2.45, 2.75) is 6.29 Å². The van der Waals surface area contributed by atoms with Crippen LogP contribution >= 0.6 is 19.4 Å². The number of ether oxygens (including phenoxy) is 1. The fourth-order valence-electron chi connectivity index (χ4n) is 2.77. The van der Waals surface area contributed by atoms with Crippen molar-refractivity contribution in [1.29, 1.82) is 0 Å². The summed E-state index contributed by atoms with van der Waals surface area (Å²) in [6.07, 6.45) is -0.0761. The SMILES string of the molecule is CN(C)C(N1CCOCC1)n1[nH][n+](=O)c2cc(Cl)ccc21.F[P-](F)(F)(F)(F)F. The summed E-state index contributed by atoms with van der Waals surface area (Å²) in [6.45, 7) is 3.05. The van der Waals surface area contributed by atoms with Crippen molar-refractivity contribution in [3.63, 3.8) is 0 Å². The normalized spacial score (nSPS) is 19.6. The van der Waals surface area contributed by atoms with Gasteiger partial charge in [-0.25, -0.2) is 4.90 Å². The molecule has 1 aliphatic rings. The van der Waals surface area contributed by atoms with Crippen LogP contribution in [0.25, 0.3) is 11.0 Å². The Balaban J connectivity index is 0.000000345. The molecule has 0 bridgehead atoms. The summed E-state index contributed by atoms with van der Waals surface area (Å²) in [7, 11) is -6.68. The Morgan fingerprint density at radius 2 is 1.71 bits per heavy atom. The fourth-order valence-corrected chi connectivity index (χ4v) is 2.94. The van der Waals surface area contributed by atoms with Crippen LogP contribution in [0.4, 0.5) is 25.2 Å². The third-order valence-electron chi connectivity index (χ3n) is 3.68. The number of halogens is 7. The molecule has 2 heterocycles. The van der Waals surface area contributed by atoms with Crippen molar-refractivity contribution in [1.82, 2.24) is 19.7 Å². The fraction of sp³-hybridized carbons (Fsp3) is 0.538. The third-order valence-corrected chi connectivity index (χ3v) is 3.91. The van der Waals surface area contributed by atoms with Gasteiger partial charge in [-0.15, -0.1) is 4.68 Å². The monoisotopic (exact) mass is 457 g/mol. The molecule has 1 fully saturated rings. The van der Waals surface area contributed by atoms with Crippen LogP contribution in [0.5, 0.6) is 0 Å². The number of H-pyrrole nitrogens is 1. The third kappa shape index (κ3) is 7.21. The molecule has 1 atom stereocenters. The van der Waals surface area contributed by atoms with Crippen molar-refractivity contribution in [3.8, 4) is 0 Å². The van der Waals surface area contributed by atoms with Crippen molar-refractivity contribution >= 4 is 30.4 Å². The Labute approximate surface area is 160 Å². The molecule has 162 valence electrons. The molecule has 15 heteroatoms. The Hall–Kier alpha value is -1.40. The molecular formula is C13H19ClF6N5O2P. The maximum atomic E-state index is 12.1. The molecule has 1 aliphatic heterocycles. The molecule has 2 aromatic rings. The van der Waals surface area contributed by atoms with E-state index < -0.39 is 7.81 Å². The number of fused-ring (bicyclic) bond motifs is 1. The average Bonchev–Trinajstić information content (AvgIpc) is 2.81. The van der Waals surface area contributed by atoms with Crippen LogP contribution in [0.3, 0.4) is 0 Å². The van der Waals surface area contributed by atoms with Crippen LogP contribution in [0.15, 0.2) is 18.2 Å². The van der Waals surface area contributed by atoms with Gasteiger partial charge in [-0.2, -0.15) is 0 Å². The second-order valence-electron chi connectivity index (χ2n) is 6.31. The van der Waals surface area contributed by atoms with Crippen LogP contribution in [0.2, 0.25) is 5.02 Å². The van der Waals surface area contributed by atoms with Gasteiger partial charge in [-0.1, -0.05) is 16.8 Å². The molecule has 1 N–H and O–H groups in total. The van der Waals surface area contributed by atoms with Crippen molar-refractivity contribution < 1.29 is 34.5 Å². The van der Waals surface area contributed by atoms with E-state index in [4.69, 9.17) is 16.3 Å². The molecule has 1 aromatic heterocycles. The zero-order valence-electron chi connectivity index (χ0n) is 14.8. The second kappa shape index (κ2) is 7.13. The Morgan fingerprint density at radius 1 is 1.18 bits per heavy atom. The first-order chi connectivity index (χ1) is 12.5. The standard InChI is InChI=1S/C13H19ClN5O2.F6P/c1-16(2)13(17-5-7-21-8-6-17)18-11-4-3-10(14)9-12(11)19(20)15-18;1-7(2,3,4,5)6/h3-4,9,13H,5-8H2,1-2H3,(H,15,20);/q+1;-1. The zero-order chi connectivity index (χ0) is 21.4. The van der Waals surface area contributed by atoms with Gasteiger partial charge in [0, 0.05) is 24.2 Å². The molecule has 0 radical (unpaired) electrons. The molecule has 0 amide bonds. The number of morpholine rings is 1. The first kappa shape index (κ1) is 22.9. The van der Waals surface area contributed by atoms with Gasteiger partial charge in [0.2, 0.25) is 11.8 Å². The second-order valence-corrected chi connectivity index (χ2v) is 8.67. The Kier molecular flexibility index (Phi) is 5.83. The number of aromatic nitrogens is 3. The number of benzene rings is 1. The van der Waals surface area contributed by atoms with Crippen LogP contribution < -0.4 is 4.54 Å². The topological polar surface area (TPSA) is 59.4 Å². The molecule has 0 spiro atoms. The molecule has 1 saturated heterocycles. The van der Waals surface area contributed by atoms with Gasteiger partial charge in [0.15, 0.2) is 0 Å². The van der Waals surface area contributed by atoms with Gasteiger partial charge in [0.25, 0.3) is 5.52 Å². The first-order valence-electron chi connectivity index (χ1n) is 7.90. The van der Waals surface area contributed by atoms with Gasteiger partial charge in [-0.05, 0) is 31.1 Å². The van der Waals surface area contributed by atoms with Gasteiger partial charge in [-0.3, -0.25) is 4.90 Å². The van der Waals surface area contributed by atoms with Crippen molar-refractivity contribution in [3.05, 3.63) is 28.1 Å². The molecule has 1 aromatic carbocycles. The van der Waals surface area contributed by atoms with E-state index >= 15 is 0 Å². The maximum absolute atomic E-state index is 12.1. The van der Waals surface area contributed by atoms with E-state index in [0.29, 0.717) is 23.8 Å². The van der Waals surface area contributed by atoms with Gasteiger partial charge < -0.3 is 4.74 Å². The van der Waals surface area contributed by atoms with E-state index in [2.05, 4.69) is 15.0 Å². The number of nitrogens with zero attached hydrogens (tertiary/aromatic N) is 4. The molecule has 0 aliphatic carbocycles. The summed E-state index contributed by atoms with van der Waals surface area (Å²) >= 11 is 5.98. The van der Waals surface area contributed by atoms with Crippen molar-refractivity contribution in [2.24, 2.45) is 0 Å². The average molecular weight is 458 g/mol. The summed E-state index contributed by atoms with van der Waals surface area (Å²) in [5.41, 5.74) is 1.35. The molecule has 28 heavy (non-hydrogen) atoms. The van der Waals surface area contributed by atoms with Crippen LogP contribution in [-0.2, 0) is 4.74 Å². The number of nitrogens with one attached hydrogen (secondary N) is 1. The predicted molar refractivity (Wildman–Crippen MR) is 93.3 cm³/mol. The van der Waals surface area contributed by atoms with E-state index in [1.54, 1.807) is 12.1 Å². The number of hydrogen-bond donors (Lipinski definition) is 1. The van der Waals surface area contributed by atoms with Crippen molar-refractivity contribution in [2.75, 3.05) is 40.4 Å². The minimum absolute atomic E-state index is 0.0761. The van der Waals surface area contributed by atoms with E-state index in [1.807, 2.05) is 24.8 Å². The van der Waals surface area contributed by atoms with Crippen LogP contribution in [-0.4, -0.2) is 60.1 Å². The molecule has 0 saturated carbocycles. The quantitative estimate of drug-likeness (QED) is 0.425. The summed E-state index contributed by atoms with van der Waals surface area (Å²) in [4.78, 5) is 16.4. The Morgan fingerprint density at radius 3 is 2.21 bits per heavy atom. The van der Waals surface area contributed by atoms with Gasteiger partial charge in [0.05, 0.1) is 17.8 Å². The number of rotatable bonds is 3. The first-order valence-corrected chi connectivity index (χ1v) is 10.3. The minimum atomic E-state index is -10.7. The van der Waals surface area contributed by atoms with E-state index in [0.717, 1.165) is 23.1 Å². The van der Waals surface area contributed by atoms with E-state index in [1.165, 1.54) is 0 Å². The zero-order valence-corrected chi connectivity index (χ0v) is 16.5. The van der Waals surface area contributed by atoms with Gasteiger partial charge >= 0.3 is 33.0 Å². The van der Waals surface area contributed by atoms with Crippen LogP contribution in [0.1, 0.15) is 6.29 Å². The number of hydrogen-bond acceptors (Lipinski definition) is 4. The summed E-state index contributed by atoms with van der Waals surface area (Å²) in [5, 5.41) is 3.40. The summed E-state index contributed by atoms with van der Waals surface area (Å²) < 4.78 is 67.2. The molecule has 3 rings (SSSR count).